The molecule has 29 heavy (non-hydrogen) atoms. The van der Waals surface area contributed by atoms with E-state index in [0.717, 1.165) is 0 Å². The third kappa shape index (κ3) is 3.89. The highest BCUT2D eigenvalue weighted by Crippen LogP contribution is 2.39. The molecule has 158 valence electrons. The number of amides is 1. The molecule has 1 aromatic rings. The van der Waals surface area contributed by atoms with Crippen molar-refractivity contribution in [1.29, 1.82) is 0 Å². The minimum atomic E-state index is -3.11. The molecule has 1 amide bonds. The molecule has 1 unspecified atom stereocenters. The molecule has 9 nitrogen and oxygen atoms in total. The summed E-state index contributed by atoms with van der Waals surface area (Å²) in [6, 6.07) is 2.58. The molecule has 0 aliphatic carbocycles. The van der Waals surface area contributed by atoms with Gasteiger partial charge >= 0.3 is 12.7 Å². The van der Waals surface area contributed by atoms with Crippen molar-refractivity contribution in [2.24, 2.45) is 0 Å². The molecule has 0 spiro atoms. The number of aryl methyl sites for hydroxylation is 1. The van der Waals surface area contributed by atoms with E-state index in [2.05, 4.69) is 5.32 Å². The first-order valence-corrected chi connectivity index (χ1v) is 9.61. The zero-order valence-corrected chi connectivity index (χ0v) is 15.9. The number of hydrogen-bond acceptors (Lipinski definition) is 7. The molecule has 11 heteroatoms. The maximum absolute atomic E-state index is 13.9. The minimum absolute atomic E-state index is 0.0148. The molecule has 0 aromatic heterocycles. The Labute approximate surface area is 166 Å². The molecule has 0 radical (unpaired) electrons. The van der Waals surface area contributed by atoms with E-state index in [0.29, 0.717) is 5.56 Å². The number of hydrogen-bond donors (Lipinski definition) is 4. The summed E-state index contributed by atoms with van der Waals surface area (Å²) >= 11 is 0. The molecular formula is C18H23BFN2O7-. The van der Waals surface area contributed by atoms with Gasteiger partial charge in [-0.3, -0.25) is 4.79 Å². The van der Waals surface area contributed by atoms with Crippen LogP contribution in [0.15, 0.2) is 12.1 Å². The molecule has 2 saturated heterocycles. The van der Waals surface area contributed by atoms with Crippen molar-refractivity contribution in [1.82, 2.24) is 10.2 Å². The largest absolute Gasteiger partial charge is 0.669 e. The first kappa shape index (κ1) is 19.9. The van der Waals surface area contributed by atoms with Gasteiger partial charge < -0.3 is 34.8 Å². The lowest BCUT2D eigenvalue weighted by Gasteiger charge is -2.41. The second kappa shape index (κ2) is 6.86. The number of ether oxygens (including phenoxy) is 1. The molecule has 2 atom stereocenters. The Morgan fingerprint density at radius 1 is 1.38 bits per heavy atom. The summed E-state index contributed by atoms with van der Waals surface area (Å²) in [5.41, 5.74) is -1.12. The van der Waals surface area contributed by atoms with Crippen LogP contribution in [0.1, 0.15) is 29.3 Å². The SMILES string of the molecule is CC1(F)CN[C@H](C(=O)N2CC(Oc3ccc4c(c3C(=O)O)O[B-](O)(O)CC4)C2)C1. The first-order valence-electron chi connectivity index (χ1n) is 9.61. The molecule has 4 N–H and O–H groups in total. The van der Waals surface area contributed by atoms with Crippen LogP contribution in [0.25, 0.3) is 0 Å². The van der Waals surface area contributed by atoms with Crippen LogP contribution in [-0.2, 0) is 11.2 Å². The summed E-state index contributed by atoms with van der Waals surface area (Å²) in [5, 5.41) is 32.0. The molecule has 1 aromatic carbocycles. The van der Waals surface area contributed by atoms with E-state index in [1.54, 1.807) is 6.07 Å². The van der Waals surface area contributed by atoms with Crippen molar-refractivity contribution >= 4 is 18.6 Å². The first-order chi connectivity index (χ1) is 13.5. The monoisotopic (exact) mass is 409 g/mol. The maximum atomic E-state index is 13.9. The predicted molar refractivity (Wildman–Crippen MR) is 99.6 cm³/mol. The molecular weight excluding hydrogens is 386 g/mol. The summed E-state index contributed by atoms with van der Waals surface area (Å²) in [7, 11) is 0. The molecule has 3 heterocycles. The number of carbonyl (C=O) groups is 2. The van der Waals surface area contributed by atoms with Crippen molar-refractivity contribution < 1.29 is 38.5 Å². The summed E-state index contributed by atoms with van der Waals surface area (Å²) in [4.78, 5) is 25.7. The highest BCUT2D eigenvalue weighted by Gasteiger charge is 2.43. The number of halogens is 1. The predicted octanol–water partition coefficient (Wildman–Crippen LogP) is -0.0771. The van der Waals surface area contributed by atoms with Crippen LogP contribution < -0.4 is 14.7 Å². The highest BCUT2D eigenvalue weighted by molar-refractivity contribution is 6.59. The van der Waals surface area contributed by atoms with Gasteiger partial charge in [0.25, 0.3) is 0 Å². The Morgan fingerprint density at radius 2 is 2.10 bits per heavy atom. The van der Waals surface area contributed by atoms with Crippen LogP contribution in [-0.4, -0.2) is 76.1 Å². The Kier molecular flexibility index (Phi) is 4.71. The van der Waals surface area contributed by atoms with E-state index in [1.165, 1.54) is 17.9 Å². The number of carboxylic acids is 1. The van der Waals surface area contributed by atoms with Gasteiger partial charge in [-0.1, -0.05) is 12.4 Å². The standard InChI is InChI=1S/C18H23BFN2O7/c1-18(20)6-12(21-9-18)16(23)22-7-11(8-22)28-13-3-2-10-4-5-19(26,27)29-15(10)14(13)17(24)25/h2-3,11-12,21,26-27H,4-9H2,1H3,(H,24,25)/q-1/t12-,18?/m0/s1. The van der Waals surface area contributed by atoms with Gasteiger partial charge in [-0.25, -0.2) is 9.18 Å². The zero-order chi connectivity index (χ0) is 21.0. The van der Waals surface area contributed by atoms with Crippen molar-refractivity contribution in [2.75, 3.05) is 19.6 Å². The Hall–Kier alpha value is -2.37. The number of likely N-dealkylation sites (tertiary alicyclic amines) is 1. The van der Waals surface area contributed by atoms with E-state index >= 15 is 0 Å². The molecule has 4 rings (SSSR count). The van der Waals surface area contributed by atoms with Crippen LogP contribution in [0.4, 0.5) is 4.39 Å². The van der Waals surface area contributed by atoms with Crippen LogP contribution >= 0.6 is 0 Å². The van der Waals surface area contributed by atoms with Crippen molar-refractivity contribution in [3.8, 4) is 11.5 Å². The number of nitrogens with one attached hydrogen (secondary N) is 1. The molecule has 3 aliphatic rings. The average Bonchev–Trinajstić information content (AvgIpc) is 2.95. The highest BCUT2D eigenvalue weighted by atomic mass is 19.1. The summed E-state index contributed by atoms with van der Waals surface area (Å²) in [6.45, 7) is -1.02. The van der Waals surface area contributed by atoms with E-state index in [1.807, 2.05) is 0 Å². The lowest BCUT2D eigenvalue weighted by molar-refractivity contribution is -0.142. The fourth-order valence-corrected chi connectivity index (χ4v) is 4.00. The van der Waals surface area contributed by atoms with Crippen LogP contribution in [0.5, 0.6) is 11.5 Å². The molecule has 0 saturated carbocycles. The fraction of sp³-hybridized carbons (Fsp3) is 0.556. The van der Waals surface area contributed by atoms with Crippen molar-refractivity contribution in [2.45, 2.75) is 43.9 Å². The number of carboxylic acid groups (broad SMARTS) is 1. The average molecular weight is 409 g/mol. The van der Waals surface area contributed by atoms with Crippen LogP contribution in [0, 0.1) is 0 Å². The van der Waals surface area contributed by atoms with E-state index in [9.17, 15) is 29.1 Å². The number of fused-ring (bicyclic) bond motifs is 1. The lowest BCUT2D eigenvalue weighted by Crippen LogP contribution is -2.59. The number of nitrogens with zero attached hydrogens (tertiary/aromatic N) is 1. The summed E-state index contributed by atoms with van der Waals surface area (Å²) < 4.78 is 24.8. The number of rotatable bonds is 4. The van der Waals surface area contributed by atoms with Gasteiger partial charge in [0.05, 0.1) is 24.9 Å². The lowest BCUT2D eigenvalue weighted by atomic mass is 9.70. The fourth-order valence-electron chi connectivity index (χ4n) is 4.00. The smallest absolute Gasteiger partial charge is 0.430 e. The van der Waals surface area contributed by atoms with E-state index < -0.39 is 30.5 Å². The maximum Gasteiger partial charge on any atom is 0.430 e. The topological polar surface area (TPSA) is 129 Å². The minimum Gasteiger partial charge on any atom is -0.669 e. The van der Waals surface area contributed by atoms with Crippen LogP contribution in [0.3, 0.4) is 0 Å². The van der Waals surface area contributed by atoms with Gasteiger partial charge in [-0.2, -0.15) is 0 Å². The molecule has 2 fully saturated rings. The third-order valence-electron chi connectivity index (χ3n) is 5.61. The quantitative estimate of drug-likeness (QED) is 0.509. The van der Waals surface area contributed by atoms with E-state index in [-0.39, 0.29) is 61.8 Å². The molecule has 0 bridgehead atoms. The summed E-state index contributed by atoms with van der Waals surface area (Å²) in [5.74, 6) is -1.57. The van der Waals surface area contributed by atoms with Gasteiger partial charge in [-0.05, 0) is 25.0 Å². The number of alkyl halides is 1. The Morgan fingerprint density at radius 3 is 2.72 bits per heavy atom. The van der Waals surface area contributed by atoms with Gasteiger partial charge in [0.1, 0.15) is 23.1 Å². The Bertz CT molecular complexity index is 857. The summed E-state index contributed by atoms with van der Waals surface area (Å²) in [6.07, 6.45) is -0.0454. The zero-order valence-electron chi connectivity index (χ0n) is 15.9. The number of benzene rings is 1. The third-order valence-corrected chi connectivity index (χ3v) is 5.61. The number of carbonyl (C=O) groups excluding carboxylic acids is 1. The Balaban J connectivity index is 1.44. The second-order valence-corrected chi connectivity index (χ2v) is 8.28. The van der Waals surface area contributed by atoms with E-state index in [4.69, 9.17) is 9.39 Å². The van der Waals surface area contributed by atoms with Crippen molar-refractivity contribution in [3.63, 3.8) is 0 Å². The number of aromatic carboxylic acids is 1. The molecule has 3 aliphatic heterocycles. The van der Waals surface area contributed by atoms with Gasteiger partial charge in [0, 0.05) is 13.0 Å². The van der Waals surface area contributed by atoms with Gasteiger partial charge in [0.15, 0.2) is 0 Å². The van der Waals surface area contributed by atoms with Crippen molar-refractivity contribution in [3.05, 3.63) is 23.3 Å². The van der Waals surface area contributed by atoms with Crippen LogP contribution in [0.2, 0.25) is 6.32 Å². The second-order valence-electron chi connectivity index (χ2n) is 8.28. The van der Waals surface area contributed by atoms with Gasteiger partial charge in [0.2, 0.25) is 5.91 Å². The van der Waals surface area contributed by atoms with Gasteiger partial charge in [-0.15, -0.1) is 0 Å². The normalized spacial score (nSPS) is 28.3.